The summed E-state index contributed by atoms with van der Waals surface area (Å²) in [5, 5.41) is 26.3. The number of hydrogen-bond acceptors (Lipinski definition) is 3. The first-order chi connectivity index (χ1) is 72.9. The van der Waals surface area contributed by atoms with Gasteiger partial charge in [0, 0.05) is 93.1 Å². The van der Waals surface area contributed by atoms with Crippen molar-refractivity contribution in [2.45, 2.75) is 25.7 Å². The zero-order chi connectivity index (χ0) is 96.4. The highest BCUT2D eigenvalue weighted by atomic mass is 16.3. The maximum Gasteiger partial charge on any atom is 0.143 e. The van der Waals surface area contributed by atoms with Crippen molar-refractivity contribution >= 4 is 174 Å². The molecule has 0 saturated carbocycles. The summed E-state index contributed by atoms with van der Waals surface area (Å²) in [6.45, 7) is 0. The molecule has 0 atom stereocenters. The Bertz CT molecular complexity index is 10300. The molecule has 5 aromatic heterocycles. The number of aromatic nitrogens is 2. The molecule has 1 aliphatic carbocycles. The number of nitrogens with zero attached hydrogens (tertiary/aromatic N) is 2. The minimum absolute atomic E-state index is 0.876. The van der Waals surface area contributed by atoms with E-state index >= 15 is 0 Å². The predicted molar refractivity (Wildman–Crippen MR) is 619 cm³/mol. The van der Waals surface area contributed by atoms with Gasteiger partial charge >= 0.3 is 0 Å². The monoisotopic (exact) mass is 1870 g/mol. The van der Waals surface area contributed by atoms with E-state index < -0.39 is 0 Å². The zero-order valence-electron chi connectivity index (χ0n) is 80.3. The van der Waals surface area contributed by atoms with E-state index in [1.54, 1.807) is 0 Å². The van der Waals surface area contributed by atoms with Crippen LogP contribution in [0.25, 0.3) is 297 Å². The van der Waals surface area contributed by atoms with E-state index in [0.29, 0.717) is 0 Å². The molecule has 0 N–H and O–H groups in total. The first-order valence-electron chi connectivity index (χ1n) is 51.2. The van der Waals surface area contributed by atoms with Gasteiger partial charge in [-0.3, -0.25) is 0 Å². The number of rotatable bonds is 12. The minimum atomic E-state index is 0.876. The molecule has 5 heteroatoms. The van der Waals surface area contributed by atoms with E-state index in [1.807, 2.05) is 6.07 Å². The van der Waals surface area contributed by atoms with Gasteiger partial charge in [0.25, 0.3) is 0 Å². The Kier molecular flexibility index (Phi) is 19.3. The second kappa shape index (κ2) is 33.9. The Morgan fingerprint density at radius 3 is 0.782 bits per heavy atom. The Labute approximate surface area is 847 Å². The Balaban J connectivity index is 0.000000143. The lowest BCUT2D eigenvalue weighted by molar-refractivity contribution is 0.670. The van der Waals surface area contributed by atoms with Crippen LogP contribution in [0.3, 0.4) is 0 Å². The Morgan fingerprint density at radius 2 is 0.415 bits per heavy atom. The number of para-hydroxylation sites is 6. The number of furan rings is 3. The molecule has 31 rings (SSSR count). The molecule has 147 heavy (non-hydrogen) atoms. The summed E-state index contributed by atoms with van der Waals surface area (Å²) in [5.41, 5.74) is 38.8. The van der Waals surface area contributed by atoms with Gasteiger partial charge < -0.3 is 22.4 Å². The molecule has 0 unspecified atom stereocenters. The molecule has 5 nitrogen and oxygen atoms in total. The van der Waals surface area contributed by atoms with Crippen LogP contribution in [0.1, 0.15) is 24.0 Å². The summed E-state index contributed by atoms with van der Waals surface area (Å²) in [5.74, 6) is 0. The van der Waals surface area contributed by atoms with Gasteiger partial charge in [-0.2, -0.15) is 0 Å². The van der Waals surface area contributed by atoms with Gasteiger partial charge in [0.1, 0.15) is 33.5 Å². The van der Waals surface area contributed by atoms with E-state index in [9.17, 15) is 0 Å². The molecular formula is C142H90N2O3. The van der Waals surface area contributed by atoms with Gasteiger partial charge in [-0.15, -0.1) is 0 Å². The van der Waals surface area contributed by atoms with Crippen molar-refractivity contribution in [3.05, 3.63) is 509 Å². The zero-order valence-corrected chi connectivity index (χ0v) is 80.3. The molecule has 0 radical (unpaired) electrons. The molecule has 5 heterocycles. The number of hydrogen-bond donors (Lipinski definition) is 0. The fourth-order valence-corrected chi connectivity index (χ4v) is 24.8. The molecule has 30 aromatic rings. The molecule has 0 fully saturated rings. The van der Waals surface area contributed by atoms with Crippen molar-refractivity contribution in [3.63, 3.8) is 0 Å². The second-order valence-electron chi connectivity index (χ2n) is 39.6. The SMILES string of the molecule is c1ccc(-c2c3ccccc3c(-c3ccc(-n4c5ccc(-c6cccc7c6CCCC7)cc5c5cc(-c6cccc7c6oc6ccccc67)ccc54)cc3)c3ccccc23)cc1.c1ccc(-c2c3ccccc3c(-c3ccc(-n4c5ccc(-c6cccc7c6oc6c(-c8ccc9ccccc9c8)cccc67)cc5c5cc(-c6cccc7c6oc6c(-c8ccc9ccccc9c8)cccc67)ccc54)cc3)c3ccccc23)cc1. The summed E-state index contributed by atoms with van der Waals surface area (Å²) in [6.07, 6.45) is 4.83. The third-order valence-electron chi connectivity index (χ3n) is 31.6. The van der Waals surface area contributed by atoms with Crippen LogP contribution in [0, 0.1) is 0 Å². The van der Waals surface area contributed by atoms with Crippen LogP contribution < -0.4 is 0 Å². The van der Waals surface area contributed by atoms with Crippen molar-refractivity contribution in [1.29, 1.82) is 0 Å². The van der Waals surface area contributed by atoms with Crippen molar-refractivity contribution in [1.82, 2.24) is 9.13 Å². The molecule has 0 amide bonds. The van der Waals surface area contributed by atoms with Crippen molar-refractivity contribution in [2.24, 2.45) is 0 Å². The van der Waals surface area contributed by atoms with E-state index in [0.717, 1.165) is 161 Å². The van der Waals surface area contributed by atoms with Gasteiger partial charge in [0.15, 0.2) is 0 Å². The molecule has 0 bridgehead atoms. The number of fused-ring (bicyclic) bond motifs is 22. The van der Waals surface area contributed by atoms with E-state index in [4.69, 9.17) is 13.3 Å². The summed E-state index contributed by atoms with van der Waals surface area (Å²) in [7, 11) is 0. The van der Waals surface area contributed by atoms with E-state index in [1.165, 1.54) is 172 Å². The smallest absolute Gasteiger partial charge is 0.143 e. The third kappa shape index (κ3) is 13.5. The van der Waals surface area contributed by atoms with Crippen molar-refractivity contribution < 1.29 is 13.3 Å². The van der Waals surface area contributed by atoms with Crippen LogP contribution in [-0.2, 0) is 12.8 Å². The summed E-state index contributed by atoms with van der Waals surface area (Å²) in [4.78, 5) is 0. The Hall–Kier alpha value is -18.9. The highest BCUT2D eigenvalue weighted by Gasteiger charge is 2.28. The maximum absolute atomic E-state index is 7.12. The first-order valence-corrected chi connectivity index (χ1v) is 51.2. The average Bonchev–Trinajstić information content (AvgIpc) is 1.42. The summed E-state index contributed by atoms with van der Waals surface area (Å²) < 4.78 is 25.7. The number of aryl methyl sites for hydroxylation is 1. The quantitative estimate of drug-likeness (QED) is 0.115. The molecule has 686 valence electrons. The molecule has 0 aliphatic heterocycles. The van der Waals surface area contributed by atoms with Crippen LogP contribution in [-0.4, -0.2) is 9.13 Å². The second-order valence-corrected chi connectivity index (χ2v) is 39.6. The van der Waals surface area contributed by atoms with Gasteiger partial charge in [-0.05, 0) is 276 Å². The van der Waals surface area contributed by atoms with E-state index in [2.05, 4.69) is 501 Å². The van der Waals surface area contributed by atoms with Crippen LogP contribution in [0.4, 0.5) is 0 Å². The van der Waals surface area contributed by atoms with Gasteiger partial charge in [0.05, 0.1) is 22.1 Å². The lowest BCUT2D eigenvalue weighted by Crippen LogP contribution is -2.04. The Morgan fingerprint density at radius 1 is 0.156 bits per heavy atom. The van der Waals surface area contributed by atoms with Crippen molar-refractivity contribution in [3.8, 4) is 123 Å². The topological polar surface area (TPSA) is 49.3 Å². The minimum Gasteiger partial charge on any atom is -0.455 e. The largest absolute Gasteiger partial charge is 0.455 e. The van der Waals surface area contributed by atoms with Crippen LogP contribution >= 0.6 is 0 Å². The van der Waals surface area contributed by atoms with E-state index in [-0.39, 0.29) is 0 Å². The normalized spacial score (nSPS) is 12.4. The maximum atomic E-state index is 7.12. The standard InChI is InChI=1S/C82H49NO2.C60H41NO/c1-2-18-52(19-3-1)77-65-22-8-10-24-67(65)78(68-25-11-9-23-66(68)77)53-38-42-60(43-39-53)83-75-44-40-58(63-28-14-32-71-69-30-12-26-61(79(69)84-81(63)71)56-36-34-50-16-4-6-20-54(50)46-56)48-73(75)74-49-59(41-45-76(74)83)64-29-15-33-72-70-31-13-27-62(80(70)85-82(64)72)57-37-35-51-17-5-7-21-55(51)47-57;1-2-15-39(16-3-1)58-48-20-6-8-22-50(48)59(51-23-9-7-21-49(51)58)40-28-32-43(33-29-40)61-55-34-30-41(45-24-12-17-38-14-4-5-18-44(38)45)36-53(55)54-37-42(31-35-56(54)61)46-25-13-26-52-47-19-10-11-27-57(47)62-60(46)52/h1-49H;1-3,6-13,15-17,19-37H,4-5,14,18H2. The van der Waals surface area contributed by atoms with Crippen LogP contribution in [0.2, 0.25) is 0 Å². The molecule has 0 spiro atoms. The lowest BCUT2D eigenvalue weighted by atomic mass is 9.85. The molecule has 25 aromatic carbocycles. The highest BCUT2D eigenvalue weighted by molar-refractivity contribution is 6.25. The fraction of sp³-hybridized carbons (Fsp3) is 0.0282. The fourth-order valence-electron chi connectivity index (χ4n) is 24.8. The molecular weight excluding hydrogens is 1780 g/mol. The molecule has 0 saturated heterocycles. The van der Waals surface area contributed by atoms with Crippen LogP contribution in [0.5, 0.6) is 0 Å². The third-order valence-corrected chi connectivity index (χ3v) is 31.6. The van der Waals surface area contributed by atoms with Crippen LogP contribution in [0.15, 0.2) is 511 Å². The average molecular weight is 1870 g/mol. The van der Waals surface area contributed by atoms with Gasteiger partial charge in [0.2, 0.25) is 0 Å². The van der Waals surface area contributed by atoms with Gasteiger partial charge in [-0.25, -0.2) is 0 Å². The number of benzene rings is 25. The van der Waals surface area contributed by atoms with Crippen molar-refractivity contribution in [2.75, 3.05) is 0 Å². The van der Waals surface area contributed by atoms with Gasteiger partial charge in [-0.1, -0.05) is 406 Å². The summed E-state index contributed by atoms with van der Waals surface area (Å²) in [6, 6.07) is 182. The summed E-state index contributed by atoms with van der Waals surface area (Å²) >= 11 is 0. The molecule has 1 aliphatic rings. The lowest BCUT2D eigenvalue weighted by Gasteiger charge is -2.19. The predicted octanol–water partition coefficient (Wildman–Crippen LogP) is 39.7. The first kappa shape index (κ1) is 83.8. The highest BCUT2D eigenvalue weighted by Crippen LogP contribution is 2.52.